The lowest BCUT2D eigenvalue weighted by Crippen LogP contribution is -2.21. The number of aromatic amines is 1. The topological polar surface area (TPSA) is 90.2 Å². The van der Waals surface area contributed by atoms with Crippen molar-refractivity contribution in [1.82, 2.24) is 0 Å². The van der Waals surface area contributed by atoms with Crippen LogP contribution in [-0.4, -0.2) is 12.6 Å². The van der Waals surface area contributed by atoms with E-state index in [1.165, 1.54) is 6.07 Å². The van der Waals surface area contributed by atoms with Crippen LogP contribution in [0.25, 0.3) is 0 Å². The van der Waals surface area contributed by atoms with Crippen molar-refractivity contribution in [1.29, 1.82) is 5.26 Å². The van der Waals surface area contributed by atoms with Crippen molar-refractivity contribution < 1.29 is 14.5 Å². The number of nitrogens with zero attached hydrogens (tertiary/aromatic N) is 1. The van der Waals surface area contributed by atoms with Gasteiger partial charge in [-0.2, -0.15) is 5.26 Å². The second-order valence-electron chi connectivity index (χ2n) is 2.97. The molecular formula is C10H12N3O2+. The lowest BCUT2D eigenvalue weighted by Gasteiger charge is -2.03. The van der Waals surface area contributed by atoms with Gasteiger partial charge in [-0.3, -0.25) is 5.73 Å². The van der Waals surface area contributed by atoms with Crippen LogP contribution >= 0.6 is 0 Å². The van der Waals surface area contributed by atoms with Gasteiger partial charge >= 0.3 is 5.97 Å². The summed E-state index contributed by atoms with van der Waals surface area (Å²) in [6, 6.07) is 3.33. The first-order chi connectivity index (χ1) is 7.10. The average Bonchev–Trinajstić information content (AvgIpc) is 2.18. The number of ether oxygens (including phenoxy) is 1. The minimum absolute atomic E-state index is 0.239. The van der Waals surface area contributed by atoms with E-state index in [2.05, 4.69) is 4.98 Å². The Morgan fingerprint density at radius 2 is 2.40 bits per heavy atom. The van der Waals surface area contributed by atoms with Gasteiger partial charge in [0, 0.05) is 0 Å². The summed E-state index contributed by atoms with van der Waals surface area (Å²) in [5.41, 5.74) is 6.71. The lowest BCUT2D eigenvalue weighted by molar-refractivity contribution is -0.370. The van der Waals surface area contributed by atoms with Crippen molar-refractivity contribution in [2.24, 2.45) is 0 Å². The maximum Gasteiger partial charge on any atom is 0.342 e. The molecule has 0 aliphatic heterocycles. The summed E-state index contributed by atoms with van der Waals surface area (Å²) in [6.45, 7) is 3.72. The number of carbonyl (C=O) groups excluding carboxylic acids is 1. The van der Waals surface area contributed by atoms with Crippen LogP contribution in [0.3, 0.4) is 0 Å². The van der Waals surface area contributed by atoms with Gasteiger partial charge in [0.05, 0.1) is 6.61 Å². The van der Waals surface area contributed by atoms with Crippen molar-refractivity contribution >= 4 is 11.8 Å². The molecule has 5 nitrogen and oxygen atoms in total. The highest BCUT2D eigenvalue weighted by Crippen LogP contribution is 2.11. The van der Waals surface area contributed by atoms with Crippen molar-refractivity contribution in [2.45, 2.75) is 13.8 Å². The molecule has 0 amide bonds. The predicted octanol–water partition coefficient (Wildman–Crippen LogP) is 0.440. The molecule has 15 heavy (non-hydrogen) atoms. The van der Waals surface area contributed by atoms with Gasteiger partial charge in [-0.25, -0.2) is 9.78 Å². The number of esters is 1. The summed E-state index contributed by atoms with van der Waals surface area (Å²) >= 11 is 0. The smallest absolute Gasteiger partial charge is 0.342 e. The van der Waals surface area contributed by atoms with Crippen LogP contribution in [0, 0.1) is 18.3 Å². The zero-order chi connectivity index (χ0) is 11.4. The van der Waals surface area contributed by atoms with Gasteiger partial charge in [0.25, 0.3) is 5.82 Å². The fraction of sp³-hybridized carbons (Fsp3) is 0.300. The Balaban J connectivity index is 3.20. The first-order valence-corrected chi connectivity index (χ1v) is 4.49. The number of aromatic nitrogens is 1. The number of carbonyl (C=O) groups is 1. The van der Waals surface area contributed by atoms with Crippen LogP contribution in [0.4, 0.5) is 5.82 Å². The highest BCUT2D eigenvalue weighted by Gasteiger charge is 2.17. The molecule has 1 heterocycles. The molecule has 0 spiro atoms. The van der Waals surface area contributed by atoms with Crippen LogP contribution in [0.2, 0.25) is 0 Å². The number of nitrogens with one attached hydrogen (secondary N) is 1. The van der Waals surface area contributed by atoms with Gasteiger partial charge in [-0.05, 0) is 19.9 Å². The molecule has 0 atom stereocenters. The predicted molar refractivity (Wildman–Crippen MR) is 52.8 cm³/mol. The van der Waals surface area contributed by atoms with E-state index in [4.69, 9.17) is 15.7 Å². The molecule has 0 aromatic carbocycles. The fourth-order valence-electron chi connectivity index (χ4n) is 1.18. The van der Waals surface area contributed by atoms with E-state index in [1.54, 1.807) is 13.8 Å². The molecule has 0 aliphatic carbocycles. The van der Waals surface area contributed by atoms with Gasteiger partial charge in [-0.1, -0.05) is 0 Å². The molecule has 0 radical (unpaired) electrons. The Bertz CT molecular complexity index is 435. The third-order valence-corrected chi connectivity index (χ3v) is 1.92. The van der Waals surface area contributed by atoms with Gasteiger partial charge in [-0.15, -0.1) is 0 Å². The Labute approximate surface area is 87.5 Å². The van der Waals surface area contributed by atoms with Crippen LogP contribution in [0.5, 0.6) is 0 Å². The summed E-state index contributed by atoms with van der Waals surface area (Å²) in [6.07, 6.45) is 0. The largest absolute Gasteiger partial charge is 0.462 e. The summed E-state index contributed by atoms with van der Waals surface area (Å²) in [7, 11) is 0. The molecule has 0 unspecified atom stereocenters. The SMILES string of the molecule is CCOC(=O)c1cc(C#N)c(N)[nH+]c1C. The number of aryl methyl sites for hydroxylation is 1. The minimum Gasteiger partial charge on any atom is -0.462 e. The summed E-state index contributed by atoms with van der Waals surface area (Å²) in [4.78, 5) is 14.2. The van der Waals surface area contributed by atoms with Crippen LogP contribution < -0.4 is 10.7 Å². The number of anilines is 1. The van der Waals surface area contributed by atoms with Gasteiger partial charge in [0.1, 0.15) is 22.9 Å². The number of hydrogen-bond acceptors (Lipinski definition) is 4. The molecule has 5 heteroatoms. The first kappa shape index (κ1) is 11.0. The number of nitrogen functional groups attached to an aromatic ring is 1. The molecule has 1 aromatic rings. The van der Waals surface area contributed by atoms with E-state index < -0.39 is 5.97 Å². The molecule has 0 saturated carbocycles. The average molecular weight is 206 g/mol. The number of H-pyrrole nitrogens is 1. The van der Waals surface area contributed by atoms with Gasteiger partial charge in [0.15, 0.2) is 0 Å². The number of rotatable bonds is 2. The van der Waals surface area contributed by atoms with E-state index in [0.29, 0.717) is 17.9 Å². The second-order valence-corrected chi connectivity index (χ2v) is 2.97. The maximum atomic E-state index is 11.5. The number of nitriles is 1. The molecular weight excluding hydrogens is 194 g/mol. The number of pyridine rings is 1. The van der Waals surface area contributed by atoms with E-state index >= 15 is 0 Å². The van der Waals surface area contributed by atoms with E-state index in [9.17, 15) is 4.79 Å². The highest BCUT2D eigenvalue weighted by molar-refractivity contribution is 5.90. The Morgan fingerprint density at radius 1 is 1.73 bits per heavy atom. The van der Waals surface area contributed by atoms with E-state index in [1.807, 2.05) is 6.07 Å². The normalized spacial score (nSPS) is 9.40. The minimum atomic E-state index is -0.456. The van der Waals surface area contributed by atoms with Crippen LogP contribution in [0.15, 0.2) is 6.07 Å². The fourth-order valence-corrected chi connectivity index (χ4v) is 1.18. The summed E-state index contributed by atoms with van der Waals surface area (Å²) in [5.74, 6) is -0.203. The Morgan fingerprint density at radius 3 is 2.93 bits per heavy atom. The zero-order valence-corrected chi connectivity index (χ0v) is 8.63. The summed E-state index contributed by atoms with van der Waals surface area (Å²) < 4.78 is 4.84. The maximum absolute atomic E-state index is 11.5. The third kappa shape index (κ3) is 2.23. The monoisotopic (exact) mass is 206 g/mol. The molecule has 0 saturated heterocycles. The van der Waals surface area contributed by atoms with Gasteiger partial charge in [0.2, 0.25) is 0 Å². The van der Waals surface area contributed by atoms with Crippen LogP contribution in [0.1, 0.15) is 28.5 Å². The molecule has 0 fully saturated rings. The van der Waals surface area contributed by atoms with Crippen molar-refractivity contribution in [3.63, 3.8) is 0 Å². The van der Waals surface area contributed by atoms with E-state index in [-0.39, 0.29) is 11.4 Å². The lowest BCUT2D eigenvalue weighted by atomic mass is 10.1. The standard InChI is InChI=1S/C10H11N3O2/c1-3-15-10(14)8-4-7(5-11)9(12)13-6(8)2/h4H,3H2,1-2H3,(H2,12,13)/p+1. The number of nitrogens with two attached hydrogens (primary N) is 1. The molecule has 78 valence electrons. The molecule has 0 aliphatic rings. The first-order valence-electron chi connectivity index (χ1n) is 4.49. The van der Waals surface area contributed by atoms with Crippen molar-refractivity contribution in [3.8, 4) is 6.07 Å². The zero-order valence-electron chi connectivity index (χ0n) is 8.63. The third-order valence-electron chi connectivity index (χ3n) is 1.92. The quantitative estimate of drug-likeness (QED) is 0.711. The Hall–Kier alpha value is -2.09. The molecule has 1 aromatic heterocycles. The highest BCUT2D eigenvalue weighted by atomic mass is 16.5. The molecule has 1 rings (SSSR count). The van der Waals surface area contributed by atoms with Crippen LogP contribution in [-0.2, 0) is 4.74 Å². The van der Waals surface area contributed by atoms with Gasteiger partial charge < -0.3 is 4.74 Å². The number of hydrogen-bond donors (Lipinski definition) is 1. The van der Waals surface area contributed by atoms with Crippen molar-refractivity contribution in [2.75, 3.05) is 12.3 Å². The molecule has 0 bridgehead atoms. The second kappa shape index (κ2) is 4.42. The van der Waals surface area contributed by atoms with Crippen molar-refractivity contribution in [3.05, 3.63) is 22.9 Å². The van der Waals surface area contributed by atoms with E-state index in [0.717, 1.165) is 0 Å². The Kier molecular flexibility index (Phi) is 3.24. The molecule has 3 N–H and O–H groups in total. The summed E-state index contributed by atoms with van der Waals surface area (Å²) in [5, 5.41) is 8.74.